The Hall–Kier alpha value is -0.0800. The molecule has 0 aromatic rings. The fourth-order valence-corrected chi connectivity index (χ4v) is 2.28. The Morgan fingerprint density at radius 2 is 2.00 bits per heavy atom. The van der Waals surface area contributed by atoms with Crippen LogP contribution in [0.2, 0.25) is 0 Å². The summed E-state index contributed by atoms with van der Waals surface area (Å²) in [4.78, 5) is 0. The lowest BCUT2D eigenvalue weighted by molar-refractivity contribution is -0.0335. The molecule has 0 saturated carbocycles. The SMILES string of the molecule is CC(C)CNCC1(C(C)C)CCCOC1. The molecule has 0 aromatic carbocycles. The number of hydrogen-bond acceptors (Lipinski definition) is 2. The summed E-state index contributed by atoms with van der Waals surface area (Å²) in [5.41, 5.74) is 0.382. The molecule has 1 rings (SSSR count). The minimum atomic E-state index is 0.382. The van der Waals surface area contributed by atoms with Crippen molar-refractivity contribution in [3.63, 3.8) is 0 Å². The molecule has 1 saturated heterocycles. The van der Waals surface area contributed by atoms with Gasteiger partial charge in [0.05, 0.1) is 6.61 Å². The maximum absolute atomic E-state index is 5.66. The zero-order chi connectivity index (χ0) is 11.3. The van der Waals surface area contributed by atoms with Crippen molar-refractivity contribution in [2.75, 3.05) is 26.3 Å². The van der Waals surface area contributed by atoms with Crippen molar-refractivity contribution in [2.24, 2.45) is 17.3 Å². The topological polar surface area (TPSA) is 21.3 Å². The molecule has 0 amide bonds. The van der Waals surface area contributed by atoms with Crippen LogP contribution in [-0.4, -0.2) is 26.3 Å². The van der Waals surface area contributed by atoms with E-state index in [0.29, 0.717) is 11.3 Å². The number of nitrogens with one attached hydrogen (secondary N) is 1. The summed E-state index contributed by atoms with van der Waals surface area (Å²) >= 11 is 0. The Kier molecular flexibility index (Phi) is 5.07. The highest BCUT2D eigenvalue weighted by molar-refractivity contribution is 4.86. The first kappa shape index (κ1) is 13.0. The fraction of sp³-hybridized carbons (Fsp3) is 1.00. The van der Waals surface area contributed by atoms with Gasteiger partial charge in [-0.05, 0) is 31.2 Å². The van der Waals surface area contributed by atoms with E-state index in [0.717, 1.165) is 32.2 Å². The molecule has 15 heavy (non-hydrogen) atoms. The Morgan fingerprint density at radius 1 is 1.27 bits per heavy atom. The maximum atomic E-state index is 5.66. The highest BCUT2D eigenvalue weighted by Gasteiger charge is 2.35. The lowest BCUT2D eigenvalue weighted by Crippen LogP contribution is -2.45. The highest BCUT2D eigenvalue weighted by atomic mass is 16.5. The maximum Gasteiger partial charge on any atom is 0.0537 e. The van der Waals surface area contributed by atoms with Crippen molar-refractivity contribution in [3.05, 3.63) is 0 Å². The van der Waals surface area contributed by atoms with E-state index in [9.17, 15) is 0 Å². The zero-order valence-corrected chi connectivity index (χ0v) is 10.8. The van der Waals surface area contributed by atoms with Gasteiger partial charge < -0.3 is 10.1 Å². The molecule has 0 aliphatic carbocycles. The average Bonchev–Trinajstić information content (AvgIpc) is 2.18. The van der Waals surface area contributed by atoms with Gasteiger partial charge in [-0.25, -0.2) is 0 Å². The van der Waals surface area contributed by atoms with E-state index >= 15 is 0 Å². The molecular formula is C13H27NO. The van der Waals surface area contributed by atoms with E-state index in [1.54, 1.807) is 0 Å². The Labute approximate surface area is 94.8 Å². The molecule has 2 nitrogen and oxygen atoms in total. The highest BCUT2D eigenvalue weighted by Crippen LogP contribution is 2.35. The Morgan fingerprint density at radius 3 is 2.47 bits per heavy atom. The first-order valence-electron chi connectivity index (χ1n) is 6.35. The van der Waals surface area contributed by atoms with Crippen molar-refractivity contribution in [3.8, 4) is 0 Å². The van der Waals surface area contributed by atoms with Crippen LogP contribution in [-0.2, 0) is 4.74 Å². The lowest BCUT2D eigenvalue weighted by atomic mass is 9.73. The van der Waals surface area contributed by atoms with E-state index in [-0.39, 0.29) is 0 Å². The molecule has 1 N–H and O–H groups in total. The van der Waals surface area contributed by atoms with Gasteiger partial charge in [0.1, 0.15) is 0 Å². The third kappa shape index (κ3) is 3.76. The van der Waals surface area contributed by atoms with E-state index in [2.05, 4.69) is 33.0 Å². The van der Waals surface area contributed by atoms with Crippen LogP contribution in [0.4, 0.5) is 0 Å². The summed E-state index contributed by atoms with van der Waals surface area (Å²) in [6.45, 7) is 13.3. The number of ether oxygens (including phenoxy) is 1. The first-order valence-corrected chi connectivity index (χ1v) is 6.35. The molecule has 0 radical (unpaired) electrons. The summed E-state index contributed by atoms with van der Waals surface area (Å²) in [7, 11) is 0. The summed E-state index contributed by atoms with van der Waals surface area (Å²) < 4.78 is 5.66. The standard InChI is InChI=1S/C13H27NO/c1-11(2)8-14-9-13(12(3)4)6-5-7-15-10-13/h11-12,14H,5-10H2,1-4H3. The monoisotopic (exact) mass is 213 g/mol. The van der Waals surface area contributed by atoms with Gasteiger partial charge >= 0.3 is 0 Å². The van der Waals surface area contributed by atoms with Crippen molar-refractivity contribution < 1.29 is 4.74 Å². The Bertz CT molecular complexity index is 171. The quantitative estimate of drug-likeness (QED) is 0.758. The van der Waals surface area contributed by atoms with E-state index in [1.165, 1.54) is 12.8 Å². The smallest absolute Gasteiger partial charge is 0.0537 e. The van der Waals surface area contributed by atoms with E-state index < -0.39 is 0 Å². The van der Waals surface area contributed by atoms with E-state index in [1.807, 2.05) is 0 Å². The van der Waals surface area contributed by atoms with Crippen molar-refractivity contribution in [1.82, 2.24) is 5.32 Å². The molecular weight excluding hydrogens is 186 g/mol. The van der Waals surface area contributed by atoms with Gasteiger partial charge in [0, 0.05) is 18.6 Å². The molecule has 0 aromatic heterocycles. The molecule has 1 fully saturated rings. The molecule has 2 heteroatoms. The van der Waals surface area contributed by atoms with Gasteiger partial charge in [0.2, 0.25) is 0 Å². The molecule has 0 spiro atoms. The van der Waals surface area contributed by atoms with Crippen LogP contribution in [0.25, 0.3) is 0 Å². The van der Waals surface area contributed by atoms with Gasteiger partial charge in [-0.3, -0.25) is 0 Å². The molecule has 1 heterocycles. The van der Waals surface area contributed by atoms with Gasteiger partial charge in [-0.15, -0.1) is 0 Å². The number of hydrogen-bond donors (Lipinski definition) is 1. The lowest BCUT2D eigenvalue weighted by Gasteiger charge is -2.41. The van der Waals surface area contributed by atoms with Gasteiger partial charge in [0.25, 0.3) is 0 Å². The summed E-state index contributed by atoms with van der Waals surface area (Å²) in [5.74, 6) is 1.44. The third-order valence-corrected chi connectivity index (χ3v) is 3.61. The largest absolute Gasteiger partial charge is 0.381 e. The first-order chi connectivity index (χ1) is 7.07. The van der Waals surface area contributed by atoms with Crippen LogP contribution in [0.15, 0.2) is 0 Å². The number of rotatable bonds is 5. The third-order valence-electron chi connectivity index (χ3n) is 3.61. The predicted octanol–water partition coefficient (Wildman–Crippen LogP) is 2.68. The second kappa shape index (κ2) is 5.86. The molecule has 90 valence electrons. The predicted molar refractivity (Wildman–Crippen MR) is 65.0 cm³/mol. The van der Waals surface area contributed by atoms with Crippen molar-refractivity contribution in [2.45, 2.75) is 40.5 Å². The zero-order valence-electron chi connectivity index (χ0n) is 10.8. The van der Waals surface area contributed by atoms with Crippen LogP contribution < -0.4 is 5.32 Å². The van der Waals surface area contributed by atoms with Crippen molar-refractivity contribution >= 4 is 0 Å². The second-order valence-corrected chi connectivity index (χ2v) is 5.70. The Balaban J connectivity index is 2.42. The van der Waals surface area contributed by atoms with Gasteiger partial charge in [0.15, 0.2) is 0 Å². The summed E-state index contributed by atoms with van der Waals surface area (Å²) in [6.07, 6.45) is 2.54. The molecule has 1 atom stereocenters. The fourth-order valence-electron chi connectivity index (χ4n) is 2.28. The van der Waals surface area contributed by atoms with Crippen LogP contribution in [0.1, 0.15) is 40.5 Å². The van der Waals surface area contributed by atoms with Gasteiger partial charge in [-0.2, -0.15) is 0 Å². The van der Waals surface area contributed by atoms with Crippen molar-refractivity contribution in [1.29, 1.82) is 0 Å². The van der Waals surface area contributed by atoms with Crippen LogP contribution in [0.3, 0.4) is 0 Å². The average molecular weight is 213 g/mol. The van der Waals surface area contributed by atoms with Crippen LogP contribution >= 0.6 is 0 Å². The van der Waals surface area contributed by atoms with E-state index in [4.69, 9.17) is 4.74 Å². The minimum Gasteiger partial charge on any atom is -0.381 e. The molecule has 1 aliphatic heterocycles. The molecule has 0 bridgehead atoms. The summed E-state index contributed by atoms with van der Waals surface area (Å²) in [5, 5.41) is 3.60. The minimum absolute atomic E-state index is 0.382. The second-order valence-electron chi connectivity index (χ2n) is 5.70. The van der Waals surface area contributed by atoms with Crippen LogP contribution in [0.5, 0.6) is 0 Å². The molecule has 1 unspecified atom stereocenters. The normalized spacial score (nSPS) is 27.6. The van der Waals surface area contributed by atoms with Crippen LogP contribution in [0, 0.1) is 17.3 Å². The van der Waals surface area contributed by atoms with Gasteiger partial charge in [-0.1, -0.05) is 27.7 Å². The summed E-state index contributed by atoms with van der Waals surface area (Å²) in [6, 6.07) is 0. The molecule has 1 aliphatic rings.